The van der Waals surface area contributed by atoms with E-state index in [9.17, 15) is 13.6 Å². The lowest BCUT2D eigenvalue weighted by molar-refractivity contribution is -0.116. The molecule has 130 valence electrons. The third-order valence-corrected chi connectivity index (χ3v) is 3.78. The number of carbonyl (C=O) groups excluding carboxylic acids is 1. The van der Waals surface area contributed by atoms with Crippen molar-refractivity contribution in [3.63, 3.8) is 0 Å². The lowest BCUT2D eigenvalue weighted by atomic mass is 10.1. The van der Waals surface area contributed by atoms with Crippen LogP contribution in [0.3, 0.4) is 0 Å². The van der Waals surface area contributed by atoms with Crippen LogP contribution < -0.4 is 5.32 Å². The van der Waals surface area contributed by atoms with E-state index in [1.807, 2.05) is 0 Å². The molecule has 9 heteroatoms. The molecule has 0 aromatic carbocycles. The molecule has 0 aliphatic heterocycles. The molecule has 0 atom stereocenters. The van der Waals surface area contributed by atoms with Gasteiger partial charge in [-0.25, -0.2) is 23.4 Å². The quantitative estimate of drug-likeness (QED) is 0.765. The third kappa shape index (κ3) is 3.58. The van der Waals surface area contributed by atoms with Gasteiger partial charge >= 0.3 is 0 Å². The van der Waals surface area contributed by atoms with Crippen LogP contribution in [0.4, 0.5) is 14.6 Å². The van der Waals surface area contributed by atoms with Crippen molar-refractivity contribution < 1.29 is 13.6 Å². The topological polar surface area (TPSA) is 72.7 Å². The molecule has 3 heterocycles. The molecule has 1 amide bonds. The minimum atomic E-state index is -2.65. The van der Waals surface area contributed by atoms with E-state index in [4.69, 9.17) is 11.6 Å². The van der Waals surface area contributed by atoms with Crippen molar-refractivity contribution in [2.75, 3.05) is 5.32 Å². The van der Waals surface area contributed by atoms with Gasteiger partial charge in [-0.3, -0.25) is 4.79 Å². The smallest absolute Gasteiger partial charge is 0.264 e. The van der Waals surface area contributed by atoms with Crippen LogP contribution in [0, 0.1) is 13.8 Å². The zero-order valence-corrected chi connectivity index (χ0v) is 14.2. The highest BCUT2D eigenvalue weighted by Gasteiger charge is 2.20. The summed E-state index contributed by atoms with van der Waals surface area (Å²) >= 11 is 5.74. The fourth-order valence-corrected chi connectivity index (χ4v) is 2.68. The third-order valence-electron chi connectivity index (χ3n) is 3.56. The summed E-state index contributed by atoms with van der Waals surface area (Å²) in [5.74, 6) is -0.0684. The minimum Gasteiger partial charge on any atom is -0.309 e. The van der Waals surface area contributed by atoms with Gasteiger partial charge in [0.05, 0.1) is 16.1 Å². The van der Waals surface area contributed by atoms with Crippen LogP contribution in [0.15, 0.2) is 24.4 Å². The Hall–Kier alpha value is -2.61. The van der Waals surface area contributed by atoms with Gasteiger partial charge in [0.2, 0.25) is 5.91 Å². The Morgan fingerprint density at radius 1 is 1.36 bits per heavy atom. The number of aryl methyl sites for hydroxylation is 2. The predicted octanol–water partition coefficient (Wildman–Crippen LogP) is 3.67. The fourth-order valence-electron chi connectivity index (χ4n) is 2.57. The van der Waals surface area contributed by atoms with E-state index in [0.717, 1.165) is 0 Å². The highest BCUT2D eigenvalue weighted by Crippen LogP contribution is 2.29. The molecule has 3 rings (SSSR count). The van der Waals surface area contributed by atoms with E-state index in [1.165, 1.54) is 16.9 Å². The van der Waals surface area contributed by atoms with E-state index < -0.39 is 12.3 Å². The number of rotatable bonds is 4. The number of amides is 1. The fraction of sp³-hybridized carbons (Fsp3) is 0.250. The van der Waals surface area contributed by atoms with Crippen LogP contribution in [0.1, 0.15) is 23.4 Å². The molecule has 0 fully saturated rings. The summed E-state index contributed by atoms with van der Waals surface area (Å²) in [6, 6.07) is 4.49. The molecule has 25 heavy (non-hydrogen) atoms. The summed E-state index contributed by atoms with van der Waals surface area (Å²) in [6.45, 7) is 3.06. The predicted molar refractivity (Wildman–Crippen MR) is 89.8 cm³/mol. The maximum Gasteiger partial charge on any atom is 0.264 e. The lowest BCUT2D eigenvalue weighted by Crippen LogP contribution is -2.20. The van der Waals surface area contributed by atoms with Crippen molar-refractivity contribution in [3.8, 4) is 0 Å². The van der Waals surface area contributed by atoms with E-state index in [1.54, 1.807) is 26.0 Å². The van der Waals surface area contributed by atoms with Gasteiger partial charge in [-0.05, 0) is 32.0 Å². The first-order chi connectivity index (χ1) is 11.8. The summed E-state index contributed by atoms with van der Waals surface area (Å²) < 4.78 is 27.9. The van der Waals surface area contributed by atoms with E-state index >= 15 is 0 Å². The average molecular weight is 366 g/mol. The number of carbonyl (C=O) groups is 1. The normalized spacial score (nSPS) is 11.3. The molecule has 6 nitrogen and oxygen atoms in total. The van der Waals surface area contributed by atoms with E-state index in [0.29, 0.717) is 22.2 Å². The molecule has 0 aliphatic rings. The maximum atomic E-state index is 13.3. The molecule has 3 aromatic rings. The molecule has 0 saturated heterocycles. The second-order valence-corrected chi connectivity index (χ2v) is 5.94. The largest absolute Gasteiger partial charge is 0.309 e. The van der Waals surface area contributed by atoms with Gasteiger partial charge in [0.1, 0.15) is 12.4 Å². The van der Waals surface area contributed by atoms with Crippen molar-refractivity contribution in [2.24, 2.45) is 0 Å². The number of halogens is 3. The lowest BCUT2D eigenvalue weighted by Gasteiger charge is -2.07. The number of nitrogens with one attached hydrogen (secondary N) is 1. The summed E-state index contributed by atoms with van der Waals surface area (Å²) in [7, 11) is 0. The van der Waals surface area contributed by atoms with Crippen LogP contribution >= 0.6 is 11.6 Å². The maximum absolute atomic E-state index is 13.3. The number of hydrogen-bond acceptors (Lipinski definition) is 4. The molecule has 0 unspecified atom stereocenters. The molecule has 3 aromatic heterocycles. The van der Waals surface area contributed by atoms with Crippen molar-refractivity contribution in [3.05, 3.63) is 46.4 Å². The Balaban J connectivity index is 1.91. The molecular weight excluding hydrogens is 352 g/mol. The second kappa shape index (κ2) is 6.72. The number of anilines is 1. The standard InChI is InChI=1S/C16H14ClF2N5O/c1-8-5-11(15(18)19)14-9(2)23-24(16(14)21-8)7-13(25)22-12-4-3-10(17)6-20-12/h3-6,15H,7H2,1-2H3,(H,20,22,25). The van der Waals surface area contributed by atoms with Gasteiger partial charge < -0.3 is 5.32 Å². The summed E-state index contributed by atoms with van der Waals surface area (Å²) in [4.78, 5) is 20.4. The van der Waals surface area contributed by atoms with E-state index in [-0.39, 0.29) is 23.1 Å². The number of nitrogens with zero attached hydrogens (tertiary/aromatic N) is 4. The van der Waals surface area contributed by atoms with Gasteiger partial charge in [-0.15, -0.1) is 0 Å². The van der Waals surface area contributed by atoms with Crippen LogP contribution in [0.5, 0.6) is 0 Å². The molecule has 0 bridgehead atoms. The first-order valence-electron chi connectivity index (χ1n) is 7.39. The SMILES string of the molecule is Cc1cc(C(F)F)c2c(C)nn(CC(=O)Nc3ccc(Cl)cn3)c2n1. The van der Waals surface area contributed by atoms with Crippen molar-refractivity contribution in [2.45, 2.75) is 26.8 Å². The summed E-state index contributed by atoms with van der Waals surface area (Å²) in [6.07, 6.45) is -1.24. The number of hydrogen-bond donors (Lipinski definition) is 1. The van der Waals surface area contributed by atoms with Crippen LogP contribution in [0.25, 0.3) is 11.0 Å². The average Bonchev–Trinajstić information content (AvgIpc) is 2.84. The van der Waals surface area contributed by atoms with Crippen molar-refractivity contribution in [1.29, 1.82) is 0 Å². The zero-order valence-electron chi connectivity index (χ0n) is 13.4. The number of pyridine rings is 2. The van der Waals surface area contributed by atoms with Gasteiger partial charge in [-0.1, -0.05) is 11.6 Å². The first kappa shape index (κ1) is 17.2. The van der Waals surface area contributed by atoms with Crippen LogP contribution in [0.2, 0.25) is 5.02 Å². The molecule has 1 N–H and O–H groups in total. The first-order valence-corrected chi connectivity index (χ1v) is 7.77. The molecule has 0 aliphatic carbocycles. The highest BCUT2D eigenvalue weighted by molar-refractivity contribution is 6.30. The molecule has 0 spiro atoms. The Morgan fingerprint density at radius 3 is 2.76 bits per heavy atom. The Bertz CT molecular complexity index is 940. The molecule has 0 radical (unpaired) electrons. The summed E-state index contributed by atoms with van der Waals surface area (Å²) in [5, 5.41) is 7.51. The van der Waals surface area contributed by atoms with Gasteiger partial charge in [-0.2, -0.15) is 5.10 Å². The van der Waals surface area contributed by atoms with Gasteiger partial charge in [0.15, 0.2) is 5.65 Å². The Morgan fingerprint density at radius 2 is 2.12 bits per heavy atom. The van der Waals surface area contributed by atoms with E-state index in [2.05, 4.69) is 20.4 Å². The monoisotopic (exact) mass is 365 g/mol. The summed E-state index contributed by atoms with van der Waals surface area (Å²) in [5.41, 5.74) is 0.956. The second-order valence-electron chi connectivity index (χ2n) is 5.51. The minimum absolute atomic E-state index is 0.133. The Labute approximate surface area is 146 Å². The number of alkyl halides is 2. The van der Waals surface area contributed by atoms with Crippen molar-refractivity contribution >= 4 is 34.4 Å². The van der Waals surface area contributed by atoms with Gasteiger partial charge in [0.25, 0.3) is 6.43 Å². The number of aromatic nitrogens is 4. The van der Waals surface area contributed by atoms with Gasteiger partial charge in [0, 0.05) is 17.5 Å². The van der Waals surface area contributed by atoms with Crippen molar-refractivity contribution in [1.82, 2.24) is 19.7 Å². The Kier molecular flexibility index (Phi) is 4.63. The zero-order chi connectivity index (χ0) is 18.1. The van der Waals surface area contributed by atoms with Crippen LogP contribution in [-0.2, 0) is 11.3 Å². The molecule has 0 saturated carbocycles. The van der Waals surface area contributed by atoms with Crippen LogP contribution in [-0.4, -0.2) is 25.7 Å². The molecular formula is C16H14ClF2N5O. The number of fused-ring (bicyclic) bond motifs is 1. The highest BCUT2D eigenvalue weighted by atomic mass is 35.5.